The number of benzene rings is 1. The molecule has 1 unspecified atom stereocenters. The van der Waals surface area contributed by atoms with Gasteiger partial charge in [0.2, 0.25) is 0 Å². The monoisotopic (exact) mass is 319 g/mol. The van der Waals surface area contributed by atoms with Gasteiger partial charge in [0.15, 0.2) is 5.82 Å². The van der Waals surface area contributed by atoms with Crippen molar-refractivity contribution in [2.24, 2.45) is 0 Å². The molecule has 1 aromatic carbocycles. The average molecular weight is 319 g/mol. The number of nitrogens with one attached hydrogen (secondary N) is 1. The Kier molecular flexibility index (Phi) is 6.86. The smallest absolute Gasteiger partial charge is 0.158 e. The van der Waals surface area contributed by atoms with Gasteiger partial charge in [-0.25, -0.2) is 0 Å². The first-order chi connectivity index (χ1) is 11.2. The summed E-state index contributed by atoms with van der Waals surface area (Å²) in [5.74, 6) is 0.985. The largest absolute Gasteiger partial charge is 0.385 e. The summed E-state index contributed by atoms with van der Waals surface area (Å²) in [6.07, 6.45) is 3.35. The molecule has 1 N–H and O–H groups in total. The highest BCUT2D eigenvalue weighted by Crippen LogP contribution is 2.28. The first-order valence-electron chi connectivity index (χ1n) is 8.47. The van der Waals surface area contributed by atoms with Crippen molar-refractivity contribution in [1.29, 1.82) is 0 Å². The van der Waals surface area contributed by atoms with Crippen LogP contribution in [0.25, 0.3) is 10.9 Å². The molecule has 0 aliphatic rings. The van der Waals surface area contributed by atoms with Crippen LogP contribution in [-0.4, -0.2) is 44.1 Å². The number of ether oxygens (including phenoxy) is 2. The van der Waals surface area contributed by atoms with E-state index in [4.69, 9.17) is 9.47 Å². The molecule has 5 nitrogen and oxygen atoms in total. The predicted molar refractivity (Wildman–Crippen MR) is 95.1 cm³/mol. The summed E-state index contributed by atoms with van der Waals surface area (Å²) in [6, 6.07) is 6.40. The lowest BCUT2D eigenvalue weighted by Gasteiger charge is -2.17. The molecule has 0 spiro atoms. The van der Waals surface area contributed by atoms with Crippen LogP contribution in [0.1, 0.15) is 44.8 Å². The number of nitrogens with zero attached hydrogens (tertiary/aromatic N) is 2. The average Bonchev–Trinajstić information content (AvgIpc) is 2.98. The fraction of sp³-hybridized carbons (Fsp3) is 0.611. The van der Waals surface area contributed by atoms with E-state index >= 15 is 0 Å². The summed E-state index contributed by atoms with van der Waals surface area (Å²) < 4.78 is 11.0. The molecule has 5 heteroatoms. The molecule has 128 valence electrons. The number of rotatable bonds is 10. The number of aromatic amines is 1. The fourth-order valence-electron chi connectivity index (χ4n) is 2.61. The van der Waals surface area contributed by atoms with Gasteiger partial charge in [-0.15, -0.1) is 0 Å². The molecule has 1 aromatic heterocycles. The minimum atomic E-state index is 0.104. The predicted octanol–water partition coefficient (Wildman–Crippen LogP) is 3.91. The molecule has 0 amide bonds. The zero-order valence-electron chi connectivity index (χ0n) is 14.8. The lowest BCUT2D eigenvalue weighted by molar-refractivity contribution is 0.0638. The standard InChI is InChI=1S/C18H29N3O2/c1-5-6-12-23-14(2)15-8-9-17-16(13-15)18(20-19-17)21(3)10-7-11-22-4/h8-9,13-14H,5-7,10-12H2,1-4H3,(H,19,20). The van der Waals surface area contributed by atoms with Gasteiger partial charge in [0.1, 0.15) is 0 Å². The molecule has 0 saturated heterocycles. The van der Waals surface area contributed by atoms with E-state index in [0.29, 0.717) is 0 Å². The third-order valence-electron chi connectivity index (χ3n) is 4.11. The van der Waals surface area contributed by atoms with Crippen LogP contribution in [0.5, 0.6) is 0 Å². The maximum atomic E-state index is 5.91. The Labute approximate surface area is 139 Å². The van der Waals surface area contributed by atoms with Crippen molar-refractivity contribution in [3.8, 4) is 0 Å². The second-order valence-corrected chi connectivity index (χ2v) is 5.99. The summed E-state index contributed by atoms with van der Waals surface area (Å²) >= 11 is 0. The lowest BCUT2D eigenvalue weighted by atomic mass is 10.1. The minimum absolute atomic E-state index is 0.104. The van der Waals surface area contributed by atoms with E-state index in [9.17, 15) is 0 Å². The van der Waals surface area contributed by atoms with Crippen LogP contribution in [0.2, 0.25) is 0 Å². The number of methoxy groups -OCH3 is 1. The van der Waals surface area contributed by atoms with Gasteiger partial charge in [-0.05, 0) is 37.5 Å². The first-order valence-corrected chi connectivity index (χ1v) is 8.47. The number of fused-ring (bicyclic) bond motifs is 1. The Hall–Kier alpha value is -1.59. The van der Waals surface area contributed by atoms with Gasteiger partial charge in [0, 0.05) is 39.3 Å². The van der Waals surface area contributed by atoms with Gasteiger partial charge in [0.25, 0.3) is 0 Å². The Morgan fingerprint density at radius 2 is 2.09 bits per heavy atom. The van der Waals surface area contributed by atoms with Crippen molar-refractivity contribution in [1.82, 2.24) is 10.2 Å². The first kappa shape index (κ1) is 17.8. The molecule has 0 radical (unpaired) electrons. The third kappa shape index (κ3) is 4.69. The maximum absolute atomic E-state index is 5.91. The summed E-state index contributed by atoms with van der Waals surface area (Å²) in [5, 5.41) is 8.73. The second kappa shape index (κ2) is 8.89. The summed E-state index contributed by atoms with van der Waals surface area (Å²) in [7, 11) is 3.80. The Morgan fingerprint density at radius 3 is 2.83 bits per heavy atom. The Bertz CT molecular complexity index is 597. The van der Waals surface area contributed by atoms with Crippen LogP contribution in [0.4, 0.5) is 5.82 Å². The number of H-pyrrole nitrogens is 1. The van der Waals surface area contributed by atoms with Crippen LogP contribution in [0.15, 0.2) is 18.2 Å². The highest BCUT2D eigenvalue weighted by atomic mass is 16.5. The molecular formula is C18H29N3O2. The normalized spacial score (nSPS) is 12.7. The summed E-state index contributed by atoms with van der Waals surface area (Å²) in [4.78, 5) is 2.17. The molecule has 0 aliphatic carbocycles. The van der Waals surface area contributed by atoms with Crippen LogP contribution < -0.4 is 4.90 Å². The van der Waals surface area contributed by atoms with Crippen LogP contribution in [-0.2, 0) is 9.47 Å². The van der Waals surface area contributed by atoms with Gasteiger partial charge in [0.05, 0.1) is 11.6 Å². The van der Waals surface area contributed by atoms with Crippen LogP contribution >= 0.6 is 0 Å². The number of anilines is 1. The topological polar surface area (TPSA) is 50.4 Å². The molecule has 1 atom stereocenters. The SMILES string of the molecule is CCCCOC(C)c1ccc2[nH]nc(N(C)CCCOC)c2c1. The highest BCUT2D eigenvalue weighted by Gasteiger charge is 2.13. The Balaban J connectivity index is 2.12. The molecule has 0 bridgehead atoms. The third-order valence-corrected chi connectivity index (χ3v) is 4.11. The van der Waals surface area contributed by atoms with E-state index in [1.165, 1.54) is 5.56 Å². The molecule has 1 heterocycles. The van der Waals surface area contributed by atoms with Crippen molar-refractivity contribution in [2.45, 2.75) is 39.2 Å². The zero-order chi connectivity index (χ0) is 16.7. The van der Waals surface area contributed by atoms with Gasteiger partial charge < -0.3 is 14.4 Å². The van der Waals surface area contributed by atoms with Crippen molar-refractivity contribution in [3.05, 3.63) is 23.8 Å². The van der Waals surface area contributed by atoms with Crippen LogP contribution in [0.3, 0.4) is 0 Å². The van der Waals surface area contributed by atoms with Gasteiger partial charge in [-0.1, -0.05) is 19.4 Å². The van der Waals surface area contributed by atoms with Crippen LogP contribution in [0, 0.1) is 0 Å². The molecule has 0 aliphatic heterocycles. The van der Waals surface area contributed by atoms with E-state index in [1.807, 2.05) is 0 Å². The molecule has 2 rings (SSSR count). The van der Waals surface area contributed by atoms with E-state index in [1.54, 1.807) is 7.11 Å². The molecule has 2 aromatic rings. The quantitative estimate of drug-likeness (QED) is 0.675. The number of aromatic nitrogens is 2. The van der Waals surface area contributed by atoms with Gasteiger partial charge in [-0.2, -0.15) is 5.10 Å². The molecule has 0 saturated carbocycles. The lowest BCUT2D eigenvalue weighted by Crippen LogP contribution is -2.20. The molecule has 0 fully saturated rings. The number of unbranched alkanes of at least 4 members (excludes halogenated alkanes) is 1. The Morgan fingerprint density at radius 1 is 1.26 bits per heavy atom. The fourth-order valence-corrected chi connectivity index (χ4v) is 2.61. The van der Waals surface area contributed by atoms with E-state index in [2.05, 4.69) is 54.2 Å². The minimum Gasteiger partial charge on any atom is -0.385 e. The summed E-state index contributed by atoms with van der Waals surface area (Å²) in [5.41, 5.74) is 2.25. The van der Waals surface area contributed by atoms with E-state index in [0.717, 1.165) is 55.7 Å². The second-order valence-electron chi connectivity index (χ2n) is 5.99. The summed E-state index contributed by atoms with van der Waals surface area (Å²) in [6.45, 7) is 6.78. The molecule has 23 heavy (non-hydrogen) atoms. The van der Waals surface area contributed by atoms with Crippen molar-refractivity contribution >= 4 is 16.7 Å². The van der Waals surface area contributed by atoms with Crippen molar-refractivity contribution in [2.75, 3.05) is 38.8 Å². The highest BCUT2D eigenvalue weighted by molar-refractivity contribution is 5.90. The van der Waals surface area contributed by atoms with E-state index < -0.39 is 0 Å². The zero-order valence-corrected chi connectivity index (χ0v) is 14.8. The number of hydrogen-bond donors (Lipinski definition) is 1. The number of hydrogen-bond acceptors (Lipinski definition) is 4. The van der Waals surface area contributed by atoms with Gasteiger partial charge in [-0.3, -0.25) is 5.10 Å². The van der Waals surface area contributed by atoms with Crippen molar-refractivity contribution < 1.29 is 9.47 Å². The van der Waals surface area contributed by atoms with Gasteiger partial charge >= 0.3 is 0 Å². The van der Waals surface area contributed by atoms with E-state index in [-0.39, 0.29) is 6.10 Å². The maximum Gasteiger partial charge on any atom is 0.158 e. The van der Waals surface area contributed by atoms with Crippen molar-refractivity contribution in [3.63, 3.8) is 0 Å². The molecular weight excluding hydrogens is 290 g/mol.